The summed E-state index contributed by atoms with van der Waals surface area (Å²) in [6.07, 6.45) is 3.90. The molecule has 0 amide bonds. The van der Waals surface area contributed by atoms with Crippen molar-refractivity contribution < 1.29 is 4.74 Å². The molecule has 0 aliphatic heterocycles. The third kappa shape index (κ3) is 2.70. The molecule has 3 nitrogen and oxygen atoms in total. The van der Waals surface area contributed by atoms with Gasteiger partial charge in [0.2, 0.25) is 0 Å². The summed E-state index contributed by atoms with van der Waals surface area (Å²) in [6.45, 7) is 4.36. The Morgan fingerprint density at radius 3 is 2.81 bits per heavy atom. The zero-order valence-electron chi connectivity index (χ0n) is 9.47. The average molecular weight is 216 g/mol. The molecule has 3 heteroatoms. The van der Waals surface area contributed by atoms with Crippen LogP contribution in [0.5, 0.6) is 0 Å². The smallest absolute Gasteiger partial charge is 0.0954 e. The van der Waals surface area contributed by atoms with Gasteiger partial charge in [0.1, 0.15) is 0 Å². The number of rotatable bonds is 5. The number of aromatic nitrogens is 2. The zero-order chi connectivity index (χ0) is 11.2. The highest BCUT2D eigenvalue weighted by Crippen LogP contribution is 2.15. The van der Waals surface area contributed by atoms with Crippen LogP contribution >= 0.6 is 0 Å². The lowest BCUT2D eigenvalue weighted by Gasteiger charge is -2.01. The molecule has 0 aliphatic rings. The maximum absolute atomic E-state index is 5.30. The van der Waals surface area contributed by atoms with Gasteiger partial charge in [0, 0.05) is 24.9 Å². The van der Waals surface area contributed by atoms with E-state index in [-0.39, 0.29) is 0 Å². The number of hydrogen-bond donors (Lipinski definition) is 0. The van der Waals surface area contributed by atoms with Gasteiger partial charge in [0.15, 0.2) is 0 Å². The van der Waals surface area contributed by atoms with Gasteiger partial charge in [0.05, 0.1) is 18.6 Å². The Hall–Kier alpha value is -1.61. The minimum atomic E-state index is 0.737. The van der Waals surface area contributed by atoms with Crippen molar-refractivity contribution in [1.82, 2.24) is 9.55 Å². The zero-order valence-corrected chi connectivity index (χ0v) is 9.47. The Morgan fingerprint density at radius 2 is 2.06 bits per heavy atom. The van der Waals surface area contributed by atoms with E-state index >= 15 is 0 Å². The molecule has 1 aromatic carbocycles. The Balaban J connectivity index is 2.02. The van der Waals surface area contributed by atoms with Gasteiger partial charge >= 0.3 is 0 Å². The standard InChI is InChI=1S/C13H16N2O/c1-2-16-9-8-15-10-13(14-11-15)12-6-4-3-5-7-12/h3-7,10-11H,2,8-9H2,1H3. The molecular weight excluding hydrogens is 200 g/mol. The third-order valence-electron chi connectivity index (χ3n) is 2.40. The highest BCUT2D eigenvalue weighted by Gasteiger charge is 2.00. The largest absolute Gasteiger partial charge is 0.380 e. The second-order valence-corrected chi connectivity index (χ2v) is 3.56. The molecule has 0 bridgehead atoms. The monoisotopic (exact) mass is 216 g/mol. The molecule has 0 unspecified atom stereocenters. The third-order valence-corrected chi connectivity index (χ3v) is 2.40. The van der Waals surface area contributed by atoms with Crippen LogP contribution in [0.15, 0.2) is 42.9 Å². The van der Waals surface area contributed by atoms with E-state index < -0.39 is 0 Å². The maximum Gasteiger partial charge on any atom is 0.0954 e. The summed E-state index contributed by atoms with van der Waals surface area (Å²) < 4.78 is 7.36. The first-order valence-corrected chi connectivity index (χ1v) is 5.55. The highest BCUT2D eigenvalue weighted by molar-refractivity contribution is 5.57. The first-order valence-electron chi connectivity index (χ1n) is 5.55. The van der Waals surface area contributed by atoms with Gasteiger partial charge < -0.3 is 9.30 Å². The van der Waals surface area contributed by atoms with Crippen molar-refractivity contribution in [1.29, 1.82) is 0 Å². The molecule has 0 radical (unpaired) electrons. The molecule has 0 saturated carbocycles. The van der Waals surface area contributed by atoms with E-state index in [0.717, 1.165) is 31.0 Å². The van der Waals surface area contributed by atoms with Gasteiger partial charge in [-0.25, -0.2) is 4.98 Å². The van der Waals surface area contributed by atoms with Gasteiger partial charge in [-0.2, -0.15) is 0 Å². The van der Waals surface area contributed by atoms with Gasteiger partial charge in [-0.1, -0.05) is 30.3 Å². The van der Waals surface area contributed by atoms with Crippen LogP contribution in [0.1, 0.15) is 6.92 Å². The van der Waals surface area contributed by atoms with Crippen molar-refractivity contribution in [3.63, 3.8) is 0 Å². The van der Waals surface area contributed by atoms with Crippen LogP contribution < -0.4 is 0 Å². The van der Waals surface area contributed by atoms with E-state index in [9.17, 15) is 0 Å². The Morgan fingerprint density at radius 1 is 1.25 bits per heavy atom. The lowest BCUT2D eigenvalue weighted by atomic mass is 10.2. The van der Waals surface area contributed by atoms with Crippen molar-refractivity contribution in [2.75, 3.05) is 13.2 Å². The summed E-state index contributed by atoms with van der Waals surface area (Å²) in [5.74, 6) is 0. The van der Waals surface area contributed by atoms with Crippen LogP contribution in [0.2, 0.25) is 0 Å². The summed E-state index contributed by atoms with van der Waals surface area (Å²) in [6, 6.07) is 10.2. The molecule has 0 fully saturated rings. The average Bonchev–Trinajstić information content (AvgIpc) is 2.79. The molecule has 0 N–H and O–H groups in total. The summed E-state index contributed by atoms with van der Waals surface area (Å²) >= 11 is 0. The van der Waals surface area contributed by atoms with Crippen LogP contribution in [0.25, 0.3) is 11.3 Å². The SMILES string of the molecule is CCOCCn1cnc(-c2ccccc2)c1. The van der Waals surface area contributed by atoms with E-state index in [1.165, 1.54) is 0 Å². The molecule has 16 heavy (non-hydrogen) atoms. The number of nitrogens with zero attached hydrogens (tertiary/aromatic N) is 2. The summed E-state index contributed by atoms with van der Waals surface area (Å²) in [5, 5.41) is 0. The predicted octanol–water partition coefficient (Wildman–Crippen LogP) is 2.59. The van der Waals surface area contributed by atoms with E-state index in [0.29, 0.717) is 0 Å². The number of hydrogen-bond acceptors (Lipinski definition) is 2. The molecule has 0 spiro atoms. The van der Waals surface area contributed by atoms with Crippen LogP contribution in [-0.2, 0) is 11.3 Å². The maximum atomic E-state index is 5.30. The van der Waals surface area contributed by atoms with Gasteiger partial charge in [-0.15, -0.1) is 0 Å². The molecule has 0 aliphatic carbocycles. The van der Waals surface area contributed by atoms with E-state index in [2.05, 4.69) is 21.7 Å². The number of benzene rings is 1. The lowest BCUT2D eigenvalue weighted by Crippen LogP contribution is -2.03. The van der Waals surface area contributed by atoms with E-state index in [1.54, 1.807) is 0 Å². The second kappa shape index (κ2) is 5.47. The van der Waals surface area contributed by atoms with Crippen LogP contribution in [-0.4, -0.2) is 22.8 Å². The summed E-state index contributed by atoms with van der Waals surface area (Å²) in [5.41, 5.74) is 2.16. The molecule has 1 heterocycles. The molecule has 84 valence electrons. The summed E-state index contributed by atoms with van der Waals surface area (Å²) in [4.78, 5) is 4.37. The fourth-order valence-electron chi connectivity index (χ4n) is 1.55. The topological polar surface area (TPSA) is 27.1 Å². The van der Waals surface area contributed by atoms with Gasteiger partial charge in [-0.05, 0) is 6.92 Å². The molecule has 2 rings (SSSR count). The number of ether oxygens (including phenoxy) is 1. The van der Waals surface area contributed by atoms with Crippen LogP contribution in [0.3, 0.4) is 0 Å². The molecule has 1 aromatic heterocycles. The normalized spacial score (nSPS) is 10.6. The highest BCUT2D eigenvalue weighted by atomic mass is 16.5. The van der Waals surface area contributed by atoms with Crippen LogP contribution in [0.4, 0.5) is 0 Å². The van der Waals surface area contributed by atoms with Gasteiger partial charge in [-0.3, -0.25) is 0 Å². The molecule has 0 atom stereocenters. The quantitative estimate of drug-likeness (QED) is 0.718. The Labute approximate surface area is 95.7 Å². The number of imidazole rings is 1. The van der Waals surface area contributed by atoms with Crippen molar-refractivity contribution in [2.45, 2.75) is 13.5 Å². The minimum Gasteiger partial charge on any atom is -0.380 e. The first kappa shape index (κ1) is 10.9. The molecular formula is C13H16N2O. The fraction of sp³-hybridized carbons (Fsp3) is 0.308. The van der Waals surface area contributed by atoms with Crippen molar-refractivity contribution in [3.05, 3.63) is 42.9 Å². The fourth-order valence-corrected chi connectivity index (χ4v) is 1.55. The molecule has 0 saturated heterocycles. The van der Waals surface area contributed by atoms with E-state index in [4.69, 9.17) is 4.74 Å². The Kier molecular flexibility index (Phi) is 3.72. The Bertz CT molecular complexity index is 423. The predicted molar refractivity (Wildman–Crippen MR) is 64.2 cm³/mol. The van der Waals surface area contributed by atoms with E-state index in [1.807, 2.05) is 37.6 Å². The first-order chi connectivity index (χ1) is 7.90. The summed E-state index contributed by atoms with van der Waals surface area (Å²) in [7, 11) is 0. The molecule has 2 aromatic rings. The lowest BCUT2D eigenvalue weighted by molar-refractivity contribution is 0.139. The van der Waals surface area contributed by atoms with Crippen molar-refractivity contribution in [2.24, 2.45) is 0 Å². The van der Waals surface area contributed by atoms with Crippen molar-refractivity contribution >= 4 is 0 Å². The second-order valence-electron chi connectivity index (χ2n) is 3.56. The van der Waals surface area contributed by atoms with Crippen LogP contribution in [0, 0.1) is 0 Å². The van der Waals surface area contributed by atoms with Crippen molar-refractivity contribution in [3.8, 4) is 11.3 Å². The van der Waals surface area contributed by atoms with Gasteiger partial charge in [0.25, 0.3) is 0 Å². The minimum absolute atomic E-state index is 0.737.